The van der Waals surface area contributed by atoms with Crippen LogP contribution in [0, 0.1) is 5.41 Å². The van der Waals surface area contributed by atoms with Crippen molar-refractivity contribution in [2.75, 3.05) is 0 Å². The summed E-state index contributed by atoms with van der Waals surface area (Å²) in [6.45, 7) is 14.5. The summed E-state index contributed by atoms with van der Waals surface area (Å²) in [6.07, 6.45) is 5.54. The van der Waals surface area contributed by atoms with Crippen LogP contribution in [0.3, 0.4) is 0 Å². The minimum absolute atomic E-state index is 0. The Morgan fingerprint density at radius 1 is 1.03 bits per heavy atom. The summed E-state index contributed by atoms with van der Waals surface area (Å²) in [6, 6.07) is 14.1. The Hall–Kier alpha value is 0.120. The van der Waals surface area contributed by atoms with Gasteiger partial charge in [-0.25, -0.2) is 0 Å². The second kappa shape index (κ2) is 9.32. The van der Waals surface area contributed by atoms with Crippen LogP contribution in [0.15, 0.2) is 47.5 Å². The Bertz CT molecular complexity index is 875. The first-order chi connectivity index (χ1) is 12.8. The number of fused-ring (bicyclic) bond motifs is 1. The average Bonchev–Trinajstić information content (AvgIpc) is 3.04. The molecule has 1 aromatic rings. The van der Waals surface area contributed by atoms with Gasteiger partial charge in [0.25, 0.3) is 0 Å². The van der Waals surface area contributed by atoms with E-state index in [0.717, 1.165) is 5.54 Å². The summed E-state index contributed by atoms with van der Waals surface area (Å²) in [5, 5.41) is 0. The third-order valence-corrected chi connectivity index (χ3v) is 19.6. The second-order valence-electron chi connectivity index (χ2n) is 9.63. The van der Waals surface area contributed by atoms with Gasteiger partial charge in [0.1, 0.15) is 0 Å². The van der Waals surface area contributed by atoms with Crippen LogP contribution >= 0.6 is 0 Å². The Labute approximate surface area is 203 Å². The molecule has 0 aromatic heterocycles. The van der Waals surface area contributed by atoms with Crippen molar-refractivity contribution in [2.24, 2.45) is 5.41 Å². The van der Waals surface area contributed by atoms with Gasteiger partial charge in [0.05, 0.1) is 0 Å². The molecule has 156 valence electrons. The van der Waals surface area contributed by atoms with Crippen molar-refractivity contribution in [1.29, 1.82) is 0 Å². The molecule has 4 rings (SSSR count). The van der Waals surface area contributed by atoms with Gasteiger partial charge in [-0.3, -0.25) is 0 Å². The molecule has 3 aliphatic rings. The van der Waals surface area contributed by atoms with Gasteiger partial charge in [-0.2, -0.15) is 0 Å². The number of rotatable bonds is 5. The van der Waals surface area contributed by atoms with Crippen LogP contribution in [-0.4, -0.2) is 8.07 Å². The second-order valence-corrected chi connectivity index (χ2v) is 17.7. The molecule has 1 saturated heterocycles. The van der Waals surface area contributed by atoms with E-state index in [1.807, 2.05) is 6.56 Å². The molecule has 1 aromatic carbocycles. The van der Waals surface area contributed by atoms with Crippen LogP contribution in [0.2, 0.25) is 18.1 Å². The van der Waals surface area contributed by atoms with Gasteiger partial charge in [-0.05, 0) is 0 Å². The molecule has 1 unspecified atom stereocenters. The summed E-state index contributed by atoms with van der Waals surface area (Å²) in [4.78, 5) is 0. The predicted octanol–water partition coefficient (Wildman–Crippen LogP) is 1.67. The van der Waals surface area contributed by atoms with Gasteiger partial charge in [-0.1, -0.05) is 0 Å². The number of hydrogen-bond acceptors (Lipinski definition) is 0. The molecule has 1 aliphatic heterocycles. The SMILES string of the molecule is CCC[Si]1(C2[C]([Zr+2][C]3=C(C)C(C)=C(C)C3(C)C)=Cc3ccccc32)CCC1.[Cl-].[Cl-]. The third-order valence-electron chi connectivity index (χ3n) is 7.97. The van der Waals surface area contributed by atoms with Gasteiger partial charge in [-0.15, -0.1) is 0 Å². The number of allylic oxidation sites excluding steroid dienone is 5. The molecule has 0 saturated carbocycles. The average molecular weight is 525 g/mol. The van der Waals surface area contributed by atoms with Crippen LogP contribution in [0.4, 0.5) is 0 Å². The molecule has 2 aliphatic carbocycles. The molecular formula is C25H34Cl2SiZr. The van der Waals surface area contributed by atoms with Crippen molar-refractivity contribution in [3.63, 3.8) is 0 Å². The van der Waals surface area contributed by atoms with Crippen molar-refractivity contribution in [2.45, 2.75) is 78.1 Å². The van der Waals surface area contributed by atoms with Crippen LogP contribution < -0.4 is 24.8 Å². The first kappa shape index (κ1) is 25.4. The molecule has 0 N–H and O–H groups in total. The normalized spacial score (nSPS) is 23.5. The van der Waals surface area contributed by atoms with Crippen molar-refractivity contribution in [3.8, 4) is 0 Å². The van der Waals surface area contributed by atoms with Crippen LogP contribution in [0.5, 0.6) is 0 Å². The van der Waals surface area contributed by atoms with E-state index in [1.54, 1.807) is 46.0 Å². The molecule has 4 heteroatoms. The standard InChI is InChI=1S/C15H19Si.C10H15.2ClH.Zr/c1-2-10-16(11-5-12-16)15-9-8-13-6-3-4-7-14(13)15;1-7-6-10(4,5)9(3)8(7)2;;;/h3-4,6-8,15H,2,5,10-12H2,1H3;1-5H3;2*1H;/q;;;;+2/p-2. The molecule has 1 fully saturated rings. The zero-order valence-corrected chi connectivity index (χ0v) is 23.7. The largest absolute Gasteiger partial charge is 1.00 e. The monoisotopic (exact) mass is 522 g/mol. The fourth-order valence-electron chi connectivity index (χ4n) is 5.89. The fraction of sp³-hybridized carbons (Fsp3) is 0.520. The fourth-order valence-corrected chi connectivity index (χ4v) is 18.0. The smallest absolute Gasteiger partial charge is 1.00 e. The quantitative estimate of drug-likeness (QED) is 0.514. The Morgan fingerprint density at radius 2 is 1.69 bits per heavy atom. The van der Waals surface area contributed by atoms with E-state index >= 15 is 0 Å². The summed E-state index contributed by atoms with van der Waals surface area (Å²) >= 11 is -0.756. The van der Waals surface area contributed by atoms with E-state index in [2.05, 4.69) is 71.9 Å². The maximum Gasteiger partial charge on any atom is -1.00 e. The summed E-state index contributed by atoms with van der Waals surface area (Å²) in [5.74, 6) is 0. The van der Waals surface area contributed by atoms with E-state index in [4.69, 9.17) is 0 Å². The molecule has 0 nitrogen and oxygen atoms in total. The predicted molar refractivity (Wildman–Crippen MR) is 117 cm³/mol. The van der Waals surface area contributed by atoms with Gasteiger partial charge in [0.2, 0.25) is 0 Å². The first-order valence-corrected chi connectivity index (χ1v) is 15.9. The van der Waals surface area contributed by atoms with E-state index in [9.17, 15) is 0 Å². The van der Waals surface area contributed by atoms with Crippen LogP contribution in [0.25, 0.3) is 6.08 Å². The van der Waals surface area contributed by atoms with Crippen LogP contribution in [0.1, 0.15) is 71.1 Å². The summed E-state index contributed by atoms with van der Waals surface area (Å²) < 4.78 is 3.77. The van der Waals surface area contributed by atoms with Gasteiger partial charge in [0, 0.05) is 0 Å². The molecule has 0 bridgehead atoms. The Kier molecular flexibility index (Phi) is 8.15. The third kappa shape index (κ3) is 4.02. The number of hydrogen-bond donors (Lipinski definition) is 0. The molecule has 1 heterocycles. The van der Waals surface area contributed by atoms with Gasteiger partial charge in [0.15, 0.2) is 0 Å². The molecule has 0 amide bonds. The Morgan fingerprint density at radius 3 is 2.21 bits per heavy atom. The van der Waals surface area contributed by atoms with E-state index in [1.165, 1.54) is 12.8 Å². The minimum Gasteiger partial charge on any atom is -1.00 e. The van der Waals surface area contributed by atoms with E-state index in [0.29, 0.717) is 5.41 Å². The summed E-state index contributed by atoms with van der Waals surface area (Å²) in [5.41, 5.74) is 9.25. The zero-order valence-electron chi connectivity index (χ0n) is 18.8. The Balaban J connectivity index is 0.00000150. The van der Waals surface area contributed by atoms with E-state index < -0.39 is 31.3 Å². The van der Waals surface area contributed by atoms with Gasteiger partial charge >= 0.3 is 180 Å². The first-order valence-electron chi connectivity index (χ1n) is 10.8. The van der Waals surface area contributed by atoms with Gasteiger partial charge < -0.3 is 24.8 Å². The minimum atomic E-state index is -1.16. The number of halogens is 2. The summed E-state index contributed by atoms with van der Waals surface area (Å²) in [7, 11) is -1.16. The molecule has 29 heavy (non-hydrogen) atoms. The number of benzene rings is 1. The topological polar surface area (TPSA) is 0 Å². The van der Waals surface area contributed by atoms with Crippen molar-refractivity contribution in [1.82, 2.24) is 0 Å². The molecule has 1 atom stereocenters. The van der Waals surface area contributed by atoms with Crippen molar-refractivity contribution in [3.05, 3.63) is 58.7 Å². The maximum atomic E-state index is 2.66. The van der Waals surface area contributed by atoms with Crippen molar-refractivity contribution < 1.29 is 48.0 Å². The zero-order chi connectivity index (χ0) is 19.4. The molecule has 0 radical (unpaired) electrons. The van der Waals surface area contributed by atoms with Crippen molar-refractivity contribution >= 4 is 14.1 Å². The van der Waals surface area contributed by atoms with Crippen LogP contribution in [-0.2, 0) is 23.2 Å². The van der Waals surface area contributed by atoms with E-state index in [-0.39, 0.29) is 24.8 Å². The molecule has 0 spiro atoms. The molecular weight excluding hydrogens is 490 g/mol. The maximum absolute atomic E-state index is 2.66.